The molecule has 0 radical (unpaired) electrons. The van der Waals surface area contributed by atoms with Crippen molar-refractivity contribution in [1.29, 1.82) is 0 Å². The van der Waals surface area contributed by atoms with Gasteiger partial charge in [-0.05, 0) is 41.3 Å². The van der Waals surface area contributed by atoms with Crippen LogP contribution in [-0.2, 0) is 17.8 Å². The van der Waals surface area contributed by atoms with Crippen molar-refractivity contribution in [3.8, 4) is 11.5 Å². The lowest BCUT2D eigenvalue weighted by molar-refractivity contribution is -0.120. The molecule has 2 aliphatic heterocycles. The number of anilines is 1. The normalized spacial score (nSPS) is 18.9. The van der Waals surface area contributed by atoms with Crippen molar-refractivity contribution in [1.82, 2.24) is 10.2 Å². The van der Waals surface area contributed by atoms with Crippen LogP contribution in [0, 0.1) is 11.3 Å². The number of phenols is 1. The Morgan fingerprint density at radius 1 is 1.00 bits per heavy atom. The predicted octanol–water partition coefficient (Wildman–Crippen LogP) is 3.70. The van der Waals surface area contributed by atoms with E-state index in [0.717, 1.165) is 43.9 Å². The molecule has 2 saturated heterocycles. The smallest absolute Gasteiger partial charge is 0.224 e. The highest BCUT2D eigenvalue weighted by Crippen LogP contribution is 2.46. The number of hydrogen-bond donors (Lipinski definition) is 2. The van der Waals surface area contributed by atoms with Crippen molar-refractivity contribution in [2.24, 2.45) is 11.3 Å². The molecule has 3 aromatic carbocycles. The number of ether oxygens (including phenoxy) is 1. The van der Waals surface area contributed by atoms with E-state index in [1.54, 1.807) is 13.2 Å². The zero-order chi connectivity index (χ0) is 24.3. The quantitative estimate of drug-likeness (QED) is 0.525. The molecular weight excluding hydrogens is 438 g/mol. The Labute approximate surface area is 207 Å². The Balaban J connectivity index is 1.26. The van der Waals surface area contributed by atoms with Gasteiger partial charge in [0.1, 0.15) is 0 Å². The van der Waals surface area contributed by atoms with Crippen molar-refractivity contribution < 1.29 is 14.6 Å². The first-order valence-corrected chi connectivity index (χ1v) is 12.2. The minimum absolute atomic E-state index is 0.0733. The number of nitrogens with zero attached hydrogens (tertiary/aromatic N) is 2. The number of benzene rings is 3. The van der Waals surface area contributed by atoms with Crippen LogP contribution >= 0.6 is 0 Å². The highest BCUT2D eigenvalue weighted by molar-refractivity contribution is 5.78. The molecular formula is C29H33N3O3. The van der Waals surface area contributed by atoms with Crippen molar-refractivity contribution in [2.75, 3.05) is 44.7 Å². The lowest BCUT2D eigenvalue weighted by Gasteiger charge is -2.52. The second-order valence-electron chi connectivity index (χ2n) is 9.89. The third-order valence-electron chi connectivity index (χ3n) is 7.42. The van der Waals surface area contributed by atoms with Crippen LogP contribution in [0.1, 0.15) is 11.1 Å². The van der Waals surface area contributed by atoms with Gasteiger partial charge in [-0.25, -0.2) is 0 Å². The topological polar surface area (TPSA) is 65.0 Å². The fourth-order valence-corrected chi connectivity index (χ4v) is 5.61. The highest BCUT2D eigenvalue weighted by Gasteiger charge is 2.53. The van der Waals surface area contributed by atoms with E-state index in [9.17, 15) is 9.90 Å². The van der Waals surface area contributed by atoms with Crippen molar-refractivity contribution in [2.45, 2.75) is 13.0 Å². The minimum atomic E-state index is 0.0733. The number of amides is 1. The van der Waals surface area contributed by atoms with Crippen LogP contribution in [0.15, 0.2) is 78.9 Å². The molecule has 0 aliphatic carbocycles. The van der Waals surface area contributed by atoms with E-state index in [2.05, 4.69) is 39.4 Å². The van der Waals surface area contributed by atoms with Gasteiger partial charge in [0.15, 0.2) is 11.5 Å². The first-order chi connectivity index (χ1) is 17.0. The standard InChI is InChI=1S/C29H33N3O3/c1-35-27-13-12-23(14-26(27)33)17-31-18-24(16-30-28(34)15-22-8-4-2-5-9-22)29(19-31)20-32(21-29)25-10-6-3-7-11-25/h2-14,24,33H,15-21H2,1H3,(H,30,34). The molecule has 182 valence electrons. The predicted molar refractivity (Wildman–Crippen MR) is 138 cm³/mol. The van der Waals surface area contributed by atoms with Crippen LogP contribution < -0.4 is 15.0 Å². The summed E-state index contributed by atoms with van der Waals surface area (Å²) in [5.74, 6) is 1.10. The Bertz CT molecular complexity index is 1150. The van der Waals surface area contributed by atoms with Gasteiger partial charge in [0, 0.05) is 50.4 Å². The summed E-state index contributed by atoms with van der Waals surface area (Å²) in [5.41, 5.74) is 3.49. The van der Waals surface area contributed by atoms with E-state index in [1.807, 2.05) is 48.5 Å². The summed E-state index contributed by atoms with van der Waals surface area (Å²) in [4.78, 5) is 17.6. The molecule has 6 nitrogen and oxygen atoms in total. The maximum absolute atomic E-state index is 12.7. The molecule has 2 aliphatic rings. The first kappa shape index (κ1) is 23.2. The number of likely N-dealkylation sites (tertiary alicyclic amines) is 1. The van der Waals surface area contributed by atoms with Crippen LogP contribution in [0.5, 0.6) is 11.5 Å². The second-order valence-corrected chi connectivity index (χ2v) is 9.89. The summed E-state index contributed by atoms with van der Waals surface area (Å²) in [7, 11) is 1.56. The third kappa shape index (κ3) is 5.13. The summed E-state index contributed by atoms with van der Waals surface area (Å²) in [5, 5.41) is 13.4. The molecule has 0 bridgehead atoms. The average molecular weight is 472 g/mol. The monoisotopic (exact) mass is 471 g/mol. The van der Waals surface area contributed by atoms with Crippen molar-refractivity contribution in [3.63, 3.8) is 0 Å². The van der Waals surface area contributed by atoms with Gasteiger partial charge in [-0.2, -0.15) is 0 Å². The minimum Gasteiger partial charge on any atom is -0.504 e. The zero-order valence-electron chi connectivity index (χ0n) is 20.2. The van der Waals surface area contributed by atoms with Gasteiger partial charge in [0.05, 0.1) is 13.5 Å². The third-order valence-corrected chi connectivity index (χ3v) is 7.42. The SMILES string of the molecule is COc1ccc(CN2CC(CNC(=O)Cc3ccccc3)C3(C2)CN(c2ccccc2)C3)cc1O. The van der Waals surface area contributed by atoms with E-state index in [4.69, 9.17) is 4.74 Å². The molecule has 1 unspecified atom stereocenters. The number of methoxy groups -OCH3 is 1. The van der Waals surface area contributed by atoms with Crippen LogP contribution in [0.3, 0.4) is 0 Å². The van der Waals surface area contributed by atoms with Crippen LogP contribution in [-0.4, -0.2) is 55.7 Å². The van der Waals surface area contributed by atoms with E-state index < -0.39 is 0 Å². The lowest BCUT2D eigenvalue weighted by atomic mass is 9.71. The number of rotatable bonds is 8. The largest absolute Gasteiger partial charge is 0.504 e. The first-order valence-electron chi connectivity index (χ1n) is 12.2. The van der Waals surface area contributed by atoms with Crippen LogP contribution in [0.2, 0.25) is 0 Å². The molecule has 6 heteroatoms. The number of nitrogens with one attached hydrogen (secondary N) is 1. The lowest BCUT2D eigenvalue weighted by Crippen LogP contribution is -2.62. The number of phenolic OH excluding ortho intramolecular Hbond substituents is 1. The van der Waals surface area contributed by atoms with Gasteiger partial charge in [0.2, 0.25) is 5.91 Å². The van der Waals surface area contributed by atoms with Gasteiger partial charge in [-0.1, -0.05) is 54.6 Å². The molecule has 1 atom stereocenters. The van der Waals surface area contributed by atoms with Crippen LogP contribution in [0.25, 0.3) is 0 Å². The molecule has 5 rings (SSSR count). The Morgan fingerprint density at radius 2 is 1.71 bits per heavy atom. The Morgan fingerprint density at radius 3 is 2.40 bits per heavy atom. The molecule has 2 heterocycles. The number of carbonyl (C=O) groups excluding carboxylic acids is 1. The molecule has 2 N–H and O–H groups in total. The molecule has 3 aromatic rings. The van der Waals surface area contributed by atoms with Crippen molar-refractivity contribution >= 4 is 11.6 Å². The molecule has 0 aromatic heterocycles. The number of para-hydroxylation sites is 1. The maximum atomic E-state index is 12.7. The fraction of sp³-hybridized carbons (Fsp3) is 0.345. The molecule has 1 spiro atoms. The van der Waals surface area contributed by atoms with Gasteiger partial charge in [-0.15, -0.1) is 0 Å². The Hall–Kier alpha value is -3.51. The molecule has 35 heavy (non-hydrogen) atoms. The molecule has 2 fully saturated rings. The second kappa shape index (κ2) is 10.0. The molecule has 1 amide bonds. The summed E-state index contributed by atoms with van der Waals surface area (Å²) in [6.07, 6.45) is 0.408. The van der Waals surface area contributed by atoms with E-state index in [1.165, 1.54) is 5.69 Å². The number of hydrogen-bond acceptors (Lipinski definition) is 5. The number of aromatic hydroxyl groups is 1. The molecule has 0 saturated carbocycles. The highest BCUT2D eigenvalue weighted by atomic mass is 16.5. The summed E-state index contributed by atoms with van der Waals surface area (Å²) >= 11 is 0. The zero-order valence-corrected chi connectivity index (χ0v) is 20.2. The van der Waals surface area contributed by atoms with Gasteiger partial charge in [0.25, 0.3) is 0 Å². The number of carbonyl (C=O) groups is 1. The maximum Gasteiger partial charge on any atom is 0.224 e. The Kier molecular flexibility index (Phi) is 6.64. The van der Waals surface area contributed by atoms with Crippen molar-refractivity contribution in [3.05, 3.63) is 90.0 Å². The van der Waals surface area contributed by atoms with Gasteiger partial charge in [-0.3, -0.25) is 9.69 Å². The van der Waals surface area contributed by atoms with E-state index in [-0.39, 0.29) is 17.1 Å². The van der Waals surface area contributed by atoms with Crippen LogP contribution in [0.4, 0.5) is 5.69 Å². The summed E-state index contributed by atoms with van der Waals surface area (Å²) < 4.78 is 5.19. The average Bonchev–Trinajstić information content (AvgIpc) is 3.21. The van der Waals surface area contributed by atoms with Gasteiger partial charge >= 0.3 is 0 Å². The fourth-order valence-electron chi connectivity index (χ4n) is 5.61. The summed E-state index contributed by atoms with van der Waals surface area (Å²) in [6.45, 7) is 5.31. The van der Waals surface area contributed by atoms with Gasteiger partial charge < -0.3 is 20.1 Å². The van der Waals surface area contributed by atoms with E-state index in [0.29, 0.717) is 24.6 Å². The van der Waals surface area contributed by atoms with E-state index >= 15 is 0 Å². The summed E-state index contributed by atoms with van der Waals surface area (Å²) in [6, 6.07) is 26.0.